The lowest BCUT2D eigenvalue weighted by atomic mass is 9.98. The Morgan fingerprint density at radius 2 is 2.03 bits per heavy atom. The fourth-order valence-electron chi connectivity index (χ4n) is 3.32. The summed E-state index contributed by atoms with van der Waals surface area (Å²) in [5.41, 5.74) is -4.15. The molecule has 1 fully saturated rings. The Balaban J connectivity index is 1.81. The highest BCUT2D eigenvalue weighted by Gasteiger charge is 2.55. The molecule has 1 aromatic heterocycles. The molecule has 0 bridgehead atoms. The molecule has 15 heteroatoms. The second kappa shape index (κ2) is 10.6. The molecule has 3 N–H and O–H groups in total. The van der Waals surface area contributed by atoms with Crippen LogP contribution in [0.3, 0.4) is 0 Å². The van der Waals surface area contributed by atoms with Gasteiger partial charge in [-0.15, -0.1) is 0 Å². The summed E-state index contributed by atoms with van der Waals surface area (Å²) in [6.07, 6.45) is -3.85. The van der Waals surface area contributed by atoms with E-state index in [0.29, 0.717) is 5.02 Å². The first-order chi connectivity index (χ1) is 16.4. The number of nitrogens with zero attached hydrogens (tertiary/aromatic N) is 1. The number of esters is 1. The van der Waals surface area contributed by atoms with Gasteiger partial charge >= 0.3 is 19.4 Å². The number of aliphatic hydroxyl groups is 1. The van der Waals surface area contributed by atoms with Gasteiger partial charge in [0.15, 0.2) is 11.9 Å². The number of carbonyl (C=O) groups excluding carboxylic acids is 1. The summed E-state index contributed by atoms with van der Waals surface area (Å²) in [4.78, 5) is 37.2. The quantitative estimate of drug-likeness (QED) is 0.317. The first-order valence-corrected chi connectivity index (χ1v) is 12.2. The second-order valence-corrected chi connectivity index (χ2v) is 9.98. The second-order valence-electron chi connectivity index (χ2n) is 7.85. The number of hydrogen-bond acceptors (Lipinski definition) is 9. The van der Waals surface area contributed by atoms with Gasteiger partial charge in [0.1, 0.15) is 24.0 Å². The van der Waals surface area contributed by atoms with Crippen LogP contribution in [0.4, 0.5) is 4.39 Å². The Hall–Kier alpha value is -2.54. The van der Waals surface area contributed by atoms with Crippen molar-refractivity contribution in [2.24, 2.45) is 0 Å². The zero-order valence-electron chi connectivity index (χ0n) is 18.8. The molecular formula is C20H24ClFN3O9P. The fourth-order valence-corrected chi connectivity index (χ4v) is 4.95. The number of ether oxygens (including phenoxy) is 2. The lowest BCUT2D eigenvalue weighted by Crippen LogP contribution is -2.43. The number of aromatic amines is 1. The minimum Gasteiger partial charge on any atom is -0.468 e. The van der Waals surface area contributed by atoms with Crippen molar-refractivity contribution in [2.75, 3.05) is 13.7 Å². The number of H-pyrrole nitrogens is 1. The van der Waals surface area contributed by atoms with E-state index in [-0.39, 0.29) is 5.75 Å². The lowest BCUT2D eigenvalue weighted by molar-refractivity contribution is -0.142. The van der Waals surface area contributed by atoms with Crippen molar-refractivity contribution >= 4 is 25.3 Å². The van der Waals surface area contributed by atoms with Crippen molar-refractivity contribution < 1.29 is 37.4 Å². The van der Waals surface area contributed by atoms with E-state index in [1.165, 1.54) is 31.2 Å². The fraction of sp³-hybridized carbons (Fsp3) is 0.450. The number of benzene rings is 1. The standard InChI is InChI=1S/C20H24ClFN3O9P/c1-11(17(28)31-3)24-35(30,34-13-6-4-12(21)5-7-13)32-10-14-16(27)20(2,22)18(33-14)25-9-8-15(26)23-19(25)29/h4-9,11,14,16,18,27H,10H2,1-3H3,(H,24,30)(H,23,26,29)/t11-,14+,16+,18?,20+,35?/m0/s1. The molecule has 1 aromatic carbocycles. The third-order valence-corrected chi connectivity index (χ3v) is 7.07. The molecule has 3 rings (SSSR count). The summed E-state index contributed by atoms with van der Waals surface area (Å²) in [5, 5.41) is 13.3. The van der Waals surface area contributed by atoms with Crippen LogP contribution in [0, 0.1) is 0 Å². The highest BCUT2D eigenvalue weighted by molar-refractivity contribution is 7.52. The van der Waals surface area contributed by atoms with Gasteiger partial charge in [-0.05, 0) is 38.1 Å². The van der Waals surface area contributed by atoms with Gasteiger partial charge in [0.05, 0.1) is 13.7 Å². The molecule has 0 radical (unpaired) electrons. The van der Waals surface area contributed by atoms with Crippen LogP contribution in [0.1, 0.15) is 20.1 Å². The van der Waals surface area contributed by atoms with Crippen LogP contribution in [0.15, 0.2) is 46.1 Å². The highest BCUT2D eigenvalue weighted by Crippen LogP contribution is 2.47. The number of nitrogens with one attached hydrogen (secondary N) is 2. The van der Waals surface area contributed by atoms with Gasteiger partial charge in [0.25, 0.3) is 5.56 Å². The molecule has 35 heavy (non-hydrogen) atoms. The Morgan fingerprint density at radius 1 is 1.37 bits per heavy atom. The van der Waals surface area contributed by atoms with Gasteiger partial charge in [0, 0.05) is 17.3 Å². The average Bonchev–Trinajstić information content (AvgIpc) is 3.02. The SMILES string of the molecule is COC(=O)[C@H](C)NP(=O)(OC[C@H]1OC(n2ccc(=O)[nH]c2=O)[C@](C)(F)[C@@H]1O)Oc1ccc(Cl)cc1. The Kier molecular flexibility index (Phi) is 8.20. The Morgan fingerprint density at radius 3 is 2.63 bits per heavy atom. The number of alkyl halides is 1. The van der Waals surface area contributed by atoms with Crippen LogP contribution >= 0.6 is 19.3 Å². The summed E-state index contributed by atoms with van der Waals surface area (Å²) in [6, 6.07) is 5.60. The zero-order valence-corrected chi connectivity index (χ0v) is 20.5. The monoisotopic (exact) mass is 535 g/mol. The van der Waals surface area contributed by atoms with E-state index in [1.807, 2.05) is 4.98 Å². The van der Waals surface area contributed by atoms with Crippen LogP contribution < -0.4 is 20.9 Å². The van der Waals surface area contributed by atoms with E-state index in [0.717, 1.165) is 30.9 Å². The third-order valence-electron chi connectivity index (χ3n) is 5.18. The van der Waals surface area contributed by atoms with E-state index >= 15 is 4.39 Å². The van der Waals surface area contributed by atoms with Crippen LogP contribution in [0.2, 0.25) is 5.02 Å². The van der Waals surface area contributed by atoms with E-state index < -0.39 is 61.7 Å². The largest absolute Gasteiger partial charge is 0.468 e. The van der Waals surface area contributed by atoms with Gasteiger partial charge in [0.2, 0.25) is 0 Å². The first-order valence-electron chi connectivity index (χ1n) is 10.3. The molecule has 192 valence electrons. The van der Waals surface area contributed by atoms with Gasteiger partial charge in [-0.1, -0.05) is 11.6 Å². The van der Waals surface area contributed by atoms with Crippen LogP contribution in [-0.2, 0) is 23.4 Å². The van der Waals surface area contributed by atoms with Gasteiger partial charge in [-0.2, -0.15) is 5.09 Å². The summed E-state index contributed by atoms with van der Waals surface area (Å²) in [7, 11) is -3.20. The number of rotatable bonds is 9. The normalized spacial score (nSPS) is 26.6. The van der Waals surface area contributed by atoms with Crippen molar-refractivity contribution in [1.29, 1.82) is 0 Å². The maximum Gasteiger partial charge on any atom is 0.459 e. The average molecular weight is 536 g/mol. The summed E-state index contributed by atoms with van der Waals surface area (Å²) >= 11 is 5.85. The summed E-state index contributed by atoms with van der Waals surface area (Å²) < 4.78 is 50.5. The number of hydrogen-bond donors (Lipinski definition) is 3. The van der Waals surface area contributed by atoms with E-state index in [9.17, 15) is 24.1 Å². The molecule has 2 aromatic rings. The first kappa shape index (κ1) is 27.1. The summed E-state index contributed by atoms with van der Waals surface area (Å²) in [5.74, 6) is -0.692. The number of aromatic nitrogens is 2. The lowest BCUT2D eigenvalue weighted by Gasteiger charge is -2.25. The number of methoxy groups -OCH3 is 1. The molecule has 6 atom stereocenters. The predicted octanol–water partition coefficient (Wildman–Crippen LogP) is 1.53. The molecule has 0 saturated carbocycles. The van der Waals surface area contributed by atoms with Crippen molar-refractivity contribution in [3.8, 4) is 5.75 Å². The third kappa shape index (κ3) is 6.18. The van der Waals surface area contributed by atoms with Crippen LogP contribution in [0.5, 0.6) is 5.75 Å². The molecule has 0 aliphatic carbocycles. The van der Waals surface area contributed by atoms with E-state index in [2.05, 4.69) is 9.82 Å². The molecular weight excluding hydrogens is 512 g/mol. The van der Waals surface area contributed by atoms with E-state index in [1.54, 1.807) is 0 Å². The maximum absolute atomic E-state index is 15.4. The Labute approximate surface area is 203 Å². The van der Waals surface area contributed by atoms with Crippen LogP contribution in [0.25, 0.3) is 0 Å². The topological polar surface area (TPSA) is 158 Å². The minimum atomic E-state index is -4.33. The van der Waals surface area contributed by atoms with Crippen LogP contribution in [-0.4, -0.2) is 58.3 Å². The van der Waals surface area contributed by atoms with Crippen molar-refractivity contribution in [2.45, 2.75) is 44.0 Å². The molecule has 0 amide bonds. The highest BCUT2D eigenvalue weighted by atomic mass is 35.5. The molecule has 2 heterocycles. The molecule has 1 saturated heterocycles. The van der Waals surface area contributed by atoms with Gasteiger partial charge in [-0.25, -0.2) is 13.8 Å². The number of halogens is 2. The molecule has 2 unspecified atom stereocenters. The maximum atomic E-state index is 15.4. The molecule has 12 nitrogen and oxygen atoms in total. The van der Waals surface area contributed by atoms with Crippen molar-refractivity contribution in [3.63, 3.8) is 0 Å². The molecule has 1 aliphatic heterocycles. The minimum absolute atomic E-state index is 0.0724. The smallest absolute Gasteiger partial charge is 0.459 e. The van der Waals surface area contributed by atoms with Crippen molar-refractivity contribution in [1.82, 2.24) is 14.6 Å². The zero-order chi connectivity index (χ0) is 26.0. The molecule has 0 spiro atoms. The van der Waals surface area contributed by atoms with E-state index in [4.69, 9.17) is 25.4 Å². The van der Waals surface area contributed by atoms with Gasteiger partial charge in [-0.3, -0.25) is 23.7 Å². The van der Waals surface area contributed by atoms with Crippen molar-refractivity contribution in [3.05, 3.63) is 62.4 Å². The number of carbonyl (C=O) groups is 1. The Bertz CT molecular complexity index is 1220. The molecule has 1 aliphatic rings. The van der Waals surface area contributed by atoms with Gasteiger partial charge < -0.3 is 19.1 Å². The number of aliphatic hydroxyl groups excluding tert-OH is 1. The predicted molar refractivity (Wildman–Crippen MR) is 121 cm³/mol. The summed E-state index contributed by atoms with van der Waals surface area (Å²) in [6.45, 7) is 1.69.